The van der Waals surface area contributed by atoms with Crippen LogP contribution in [0.5, 0.6) is 0 Å². The Morgan fingerprint density at radius 3 is 2.36 bits per heavy atom. The highest BCUT2D eigenvalue weighted by Gasteiger charge is 2.51. The van der Waals surface area contributed by atoms with Gasteiger partial charge in [-0.05, 0) is 6.07 Å². The van der Waals surface area contributed by atoms with Crippen LogP contribution in [0, 0.1) is 0 Å². The second-order valence-corrected chi connectivity index (χ2v) is 4.19. The average molecular weight is 215 g/mol. The van der Waals surface area contributed by atoms with Crippen molar-refractivity contribution >= 4 is 11.6 Å². The maximum absolute atomic E-state index is 9.78. The van der Waals surface area contributed by atoms with Crippen LogP contribution in [-0.4, -0.2) is 16.1 Å². The predicted octanol–water partition coefficient (Wildman–Crippen LogP) is -0.150. The number of hydrogen-bond donors (Lipinski definition) is 2. The van der Waals surface area contributed by atoms with E-state index in [9.17, 15) is 10.4 Å². The third-order valence-electron chi connectivity index (χ3n) is 2.43. The van der Waals surface area contributed by atoms with Crippen LogP contribution in [0.2, 0.25) is 5.02 Å². The summed E-state index contributed by atoms with van der Waals surface area (Å²) in [6.07, 6.45) is 0. The van der Waals surface area contributed by atoms with E-state index < -0.39 is 5.66 Å². The van der Waals surface area contributed by atoms with Gasteiger partial charge in [0.05, 0.1) is 23.3 Å². The molecule has 0 aromatic heterocycles. The molecule has 1 aromatic carbocycles. The van der Waals surface area contributed by atoms with Gasteiger partial charge in [0.1, 0.15) is 0 Å². The Balaban J connectivity index is 2.97. The van der Waals surface area contributed by atoms with Gasteiger partial charge in [-0.3, -0.25) is 10.4 Å². The number of rotatable bonds is 0. The lowest BCUT2D eigenvalue weighted by molar-refractivity contribution is -0.0808. The van der Waals surface area contributed by atoms with Crippen LogP contribution in [0.4, 0.5) is 0 Å². The summed E-state index contributed by atoms with van der Waals surface area (Å²) in [7, 11) is 0. The minimum Gasteiger partial charge on any atom is -0.284 e. The first-order chi connectivity index (χ1) is 6.44. The Kier molecular flexibility index (Phi) is 1.72. The zero-order valence-electron chi connectivity index (χ0n) is 7.90. The van der Waals surface area contributed by atoms with E-state index in [4.69, 9.17) is 11.6 Å². The molecule has 74 valence electrons. The van der Waals surface area contributed by atoms with Gasteiger partial charge < -0.3 is 0 Å². The second kappa shape index (κ2) is 2.60. The third-order valence-corrected chi connectivity index (χ3v) is 2.67. The Hall–Kier alpha value is -1.29. The lowest BCUT2D eigenvalue weighted by Crippen LogP contribution is -2.48. The van der Waals surface area contributed by atoms with Crippen molar-refractivity contribution in [2.75, 3.05) is 0 Å². The topological polar surface area (TPSA) is 46.5 Å². The molecule has 1 aliphatic rings. The van der Waals surface area contributed by atoms with Crippen molar-refractivity contribution in [2.45, 2.75) is 19.5 Å². The molecule has 1 aliphatic heterocycles. The van der Waals surface area contributed by atoms with Crippen molar-refractivity contribution in [2.24, 2.45) is 0 Å². The average Bonchev–Trinajstić information content (AvgIpc) is 2.29. The molecule has 0 fully saturated rings. The molecular weight excluding hydrogens is 204 g/mol. The highest BCUT2D eigenvalue weighted by atomic mass is 35.5. The molecule has 0 saturated heterocycles. The molecule has 14 heavy (non-hydrogen) atoms. The van der Waals surface area contributed by atoms with Gasteiger partial charge >= 0.3 is 16.4 Å². The van der Waals surface area contributed by atoms with Crippen LogP contribution in [0.3, 0.4) is 0 Å². The van der Waals surface area contributed by atoms with Crippen LogP contribution < -0.4 is 20.2 Å². The molecule has 2 rings (SSSR count). The first kappa shape index (κ1) is 9.27. The fraction of sp³-hybridized carbons (Fsp3) is 0.333. The van der Waals surface area contributed by atoms with Gasteiger partial charge in [-0.15, -0.1) is 0 Å². The van der Waals surface area contributed by atoms with Crippen molar-refractivity contribution in [3.05, 3.63) is 33.9 Å². The zero-order chi connectivity index (χ0) is 10.5. The van der Waals surface area contributed by atoms with E-state index in [0.29, 0.717) is 15.7 Å². The molecule has 0 unspecified atom stereocenters. The monoisotopic (exact) mass is 214 g/mol. The summed E-state index contributed by atoms with van der Waals surface area (Å²) >= 11 is 5.79. The number of hydroxylamine groups is 2. The fourth-order valence-corrected chi connectivity index (χ4v) is 1.69. The van der Waals surface area contributed by atoms with Crippen LogP contribution in [0.25, 0.3) is 0 Å². The number of benzene rings is 1. The molecule has 0 amide bonds. The predicted molar refractivity (Wildman–Crippen MR) is 50.8 cm³/mol. The largest absolute Gasteiger partial charge is 0.436 e. The summed E-state index contributed by atoms with van der Waals surface area (Å²) in [6.45, 7) is 3.39. The van der Waals surface area contributed by atoms with Gasteiger partial charge in [0.25, 0.3) is 0 Å². The van der Waals surface area contributed by atoms with Crippen molar-refractivity contribution in [3.63, 3.8) is 0 Å². The van der Waals surface area contributed by atoms with Crippen LogP contribution >= 0.6 is 11.6 Å². The Morgan fingerprint density at radius 2 is 1.71 bits per heavy atom. The fourth-order valence-electron chi connectivity index (χ4n) is 1.52. The first-order valence-electron chi connectivity index (χ1n) is 4.22. The van der Waals surface area contributed by atoms with Crippen LogP contribution in [-0.2, 0) is 0 Å². The van der Waals surface area contributed by atoms with Gasteiger partial charge in [0.2, 0.25) is 0 Å². The van der Waals surface area contributed by atoms with Gasteiger partial charge in [-0.25, -0.2) is 0 Å². The van der Waals surface area contributed by atoms with Crippen molar-refractivity contribution in [3.8, 4) is 0 Å². The molecule has 5 heteroatoms. The highest BCUT2D eigenvalue weighted by Crippen LogP contribution is 2.06. The summed E-state index contributed by atoms with van der Waals surface area (Å²) in [5.74, 6) is 0. The summed E-state index contributed by atoms with van der Waals surface area (Å²) in [6, 6.07) is 4.93. The Morgan fingerprint density at radius 1 is 1.14 bits per heavy atom. The van der Waals surface area contributed by atoms with E-state index in [1.54, 1.807) is 32.0 Å². The van der Waals surface area contributed by atoms with Gasteiger partial charge in [-0.2, -0.15) is 0 Å². The van der Waals surface area contributed by atoms with E-state index in [0.717, 1.165) is 9.48 Å². The summed E-state index contributed by atoms with van der Waals surface area (Å²) < 4.78 is 2.01. The molecule has 0 saturated carbocycles. The first-order valence-corrected chi connectivity index (χ1v) is 4.60. The second-order valence-electron chi connectivity index (χ2n) is 3.75. The van der Waals surface area contributed by atoms with Crippen LogP contribution in [0.15, 0.2) is 18.2 Å². The molecule has 0 bridgehead atoms. The lowest BCUT2D eigenvalue weighted by Gasteiger charge is -2.02. The molecule has 2 N–H and O–H groups in total. The minimum atomic E-state index is -0.868. The van der Waals surface area contributed by atoms with E-state index in [1.165, 1.54) is 0 Å². The minimum absolute atomic E-state index is 0.505. The molecule has 4 nitrogen and oxygen atoms in total. The lowest BCUT2D eigenvalue weighted by atomic mass is 10.3. The van der Waals surface area contributed by atoms with Crippen molar-refractivity contribution < 1.29 is 10.4 Å². The van der Waals surface area contributed by atoms with Crippen molar-refractivity contribution in [1.29, 1.82) is 0 Å². The number of fused-ring (bicyclic) bond motifs is 1. The summed E-state index contributed by atoms with van der Waals surface area (Å²) in [4.78, 5) is 0. The van der Waals surface area contributed by atoms with Gasteiger partial charge in [0, 0.05) is 17.2 Å². The smallest absolute Gasteiger partial charge is 0.284 e. The number of nitrogens with zero attached hydrogens (tertiary/aromatic N) is 2. The van der Waals surface area contributed by atoms with E-state index in [2.05, 4.69) is 0 Å². The molecule has 0 spiro atoms. The van der Waals surface area contributed by atoms with Gasteiger partial charge in [0.15, 0.2) is 0 Å². The molecular formula is C9H11ClN2O2+2. The standard InChI is InChI=1S/C9H11ClN2O2/c1-9(2)11(13)7-4-3-6(10)5-8(7)12(9)14/h3-5,13-14H,1-2H3/q+2. The molecule has 0 aliphatic carbocycles. The van der Waals surface area contributed by atoms with E-state index in [1.807, 2.05) is 0 Å². The quantitative estimate of drug-likeness (QED) is 0.466. The van der Waals surface area contributed by atoms with Crippen molar-refractivity contribution in [1.82, 2.24) is 9.48 Å². The molecule has 1 aromatic rings. The zero-order valence-corrected chi connectivity index (χ0v) is 8.65. The molecule has 0 atom stereocenters. The summed E-state index contributed by atoms with van der Waals surface area (Å²) in [5.41, 5.74) is -0.868. The Labute approximate surface area is 85.5 Å². The SMILES string of the molecule is CC1(C)[N+](O)=c2ccc(Cl)cc2=[N+]1O. The molecule has 1 heterocycles. The number of halogens is 1. The van der Waals surface area contributed by atoms with E-state index >= 15 is 0 Å². The normalized spacial score (nSPS) is 18.5. The maximum Gasteiger partial charge on any atom is 0.436 e. The molecule has 0 radical (unpaired) electrons. The van der Waals surface area contributed by atoms with Crippen LogP contribution in [0.1, 0.15) is 13.8 Å². The van der Waals surface area contributed by atoms with Gasteiger partial charge in [-0.1, -0.05) is 11.6 Å². The maximum atomic E-state index is 9.78. The Bertz CT molecular complexity index is 522. The highest BCUT2D eigenvalue weighted by molar-refractivity contribution is 6.30. The van der Waals surface area contributed by atoms with E-state index in [-0.39, 0.29) is 0 Å². The number of hydrogen-bond acceptors (Lipinski definition) is 2. The third kappa shape index (κ3) is 1.00. The summed E-state index contributed by atoms with van der Waals surface area (Å²) in [5, 5.41) is 21.1.